The van der Waals surface area contributed by atoms with Gasteiger partial charge in [-0.3, -0.25) is 14.6 Å². The number of anilines is 2. The molecule has 2 aromatic heterocycles. The first-order valence-electron chi connectivity index (χ1n) is 9.93. The summed E-state index contributed by atoms with van der Waals surface area (Å²) in [4.78, 5) is 34.8. The van der Waals surface area contributed by atoms with E-state index in [9.17, 15) is 9.59 Å². The lowest BCUT2D eigenvalue weighted by atomic mass is 9.91. The summed E-state index contributed by atoms with van der Waals surface area (Å²) in [6.07, 6.45) is 10.2. The molecule has 0 bridgehead atoms. The molecule has 1 saturated carbocycles. The van der Waals surface area contributed by atoms with Crippen molar-refractivity contribution in [3.05, 3.63) is 48.4 Å². The third-order valence-electron chi connectivity index (χ3n) is 5.45. The van der Waals surface area contributed by atoms with E-state index in [1.165, 1.54) is 0 Å². The molecule has 2 fully saturated rings. The maximum absolute atomic E-state index is 12.7. The molecule has 2 aliphatic rings. The van der Waals surface area contributed by atoms with Gasteiger partial charge in [0.05, 0.1) is 17.4 Å². The van der Waals surface area contributed by atoms with Crippen LogP contribution in [0.1, 0.15) is 48.9 Å². The standard InChI is InChI=1S/C21H25N5O2/c27-20-5-3-11-26(20)18-12-15(13-22-14-18)21(28)25-17-8-6-16(7-9-17)24-19-4-1-2-10-23-19/h1-2,4,10,12-14,16-17H,3,5-9,11H2,(H,23,24)(H,25,28). The lowest BCUT2D eigenvalue weighted by Crippen LogP contribution is -2.40. The Bertz CT molecular complexity index is 834. The van der Waals surface area contributed by atoms with E-state index in [1.807, 2.05) is 18.2 Å². The van der Waals surface area contributed by atoms with Crippen LogP contribution in [0, 0.1) is 0 Å². The van der Waals surface area contributed by atoms with Crippen molar-refractivity contribution in [1.82, 2.24) is 15.3 Å². The van der Waals surface area contributed by atoms with Gasteiger partial charge < -0.3 is 15.5 Å². The number of carbonyl (C=O) groups is 2. The van der Waals surface area contributed by atoms with Crippen LogP contribution < -0.4 is 15.5 Å². The van der Waals surface area contributed by atoms with Crippen molar-refractivity contribution in [2.75, 3.05) is 16.8 Å². The van der Waals surface area contributed by atoms with E-state index >= 15 is 0 Å². The Morgan fingerprint density at radius 1 is 1.11 bits per heavy atom. The SMILES string of the molecule is O=C(NC1CCC(Nc2ccccn2)CC1)c1cncc(N2CCCC2=O)c1. The zero-order chi connectivity index (χ0) is 19.3. The number of amides is 2. The highest BCUT2D eigenvalue weighted by Crippen LogP contribution is 2.23. The molecule has 0 unspecified atom stereocenters. The minimum atomic E-state index is -0.123. The molecule has 2 aromatic rings. The molecular formula is C21H25N5O2. The van der Waals surface area contributed by atoms with Crippen molar-refractivity contribution in [2.24, 2.45) is 0 Å². The van der Waals surface area contributed by atoms with E-state index in [1.54, 1.807) is 29.6 Å². The number of carbonyl (C=O) groups excluding carboxylic acids is 2. The first-order chi connectivity index (χ1) is 13.7. The fourth-order valence-electron chi connectivity index (χ4n) is 3.93. The average Bonchev–Trinajstić information content (AvgIpc) is 3.16. The Labute approximate surface area is 164 Å². The van der Waals surface area contributed by atoms with Crippen LogP contribution in [0.15, 0.2) is 42.9 Å². The fraction of sp³-hybridized carbons (Fsp3) is 0.429. The number of hydrogen-bond donors (Lipinski definition) is 2. The monoisotopic (exact) mass is 379 g/mol. The van der Waals surface area contributed by atoms with Crippen LogP contribution in [0.25, 0.3) is 0 Å². The van der Waals surface area contributed by atoms with Crippen molar-refractivity contribution in [3.63, 3.8) is 0 Å². The molecule has 1 aliphatic heterocycles. The van der Waals surface area contributed by atoms with Crippen molar-refractivity contribution >= 4 is 23.3 Å². The first kappa shape index (κ1) is 18.4. The van der Waals surface area contributed by atoms with E-state index in [-0.39, 0.29) is 17.9 Å². The van der Waals surface area contributed by atoms with Crippen molar-refractivity contribution < 1.29 is 9.59 Å². The second-order valence-electron chi connectivity index (χ2n) is 7.46. The predicted molar refractivity (Wildman–Crippen MR) is 107 cm³/mol. The molecule has 28 heavy (non-hydrogen) atoms. The highest BCUT2D eigenvalue weighted by molar-refractivity contribution is 5.98. The van der Waals surface area contributed by atoms with Gasteiger partial charge >= 0.3 is 0 Å². The van der Waals surface area contributed by atoms with E-state index in [0.29, 0.717) is 30.3 Å². The van der Waals surface area contributed by atoms with E-state index in [4.69, 9.17) is 0 Å². The van der Waals surface area contributed by atoms with Gasteiger partial charge in [0.1, 0.15) is 5.82 Å². The number of pyridine rings is 2. The second-order valence-corrected chi connectivity index (χ2v) is 7.46. The quantitative estimate of drug-likeness (QED) is 0.834. The minimum absolute atomic E-state index is 0.0955. The molecule has 3 heterocycles. The second kappa shape index (κ2) is 8.37. The normalized spacial score (nSPS) is 22.1. The maximum atomic E-state index is 12.7. The zero-order valence-corrected chi connectivity index (χ0v) is 15.8. The molecule has 2 amide bonds. The summed E-state index contributed by atoms with van der Waals surface area (Å²) in [5, 5.41) is 6.58. The van der Waals surface area contributed by atoms with Gasteiger partial charge in [0.25, 0.3) is 5.91 Å². The summed E-state index contributed by atoms with van der Waals surface area (Å²) in [5.41, 5.74) is 1.21. The van der Waals surface area contributed by atoms with Crippen molar-refractivity contribution in [3.8, 4) is 0 Å². The summed E-state index contributed by atoms with van der Waals surface area (Å²) in [7, 11) is 0. The van der Waals surface area contributed by atoms with Crippen LogP contribution >= 0.6 is 0 Å². The molecule has 146 valence electrons. The molecule has 4 rings (SSSR count). The van der Waals surface area contributed by atoms with Crippen molar-refractivity contribution in [2.45, 2.75) is 50.6 Å². The van der Waals surface area contributed by atoms with Crippen LogP contribution in [0.4, 0.5) is 11.5 Å². The summed E-state index contributed by atoms with van der Waals surface area (Å²) >= 11 is 0. The smallest absolute Gasteiger partial charge is 0.253 e. The largest absolute Gasteiger partial charge is 0.367 e. The summed E-state index contributed by atoms with van der Waals surface area (Å²) in [6, 6.07) is 8.15. The van der Waals surface area contributed by atoms with Crippen LogP contribution in [-0.4, -0.2) is 40.4 Å². The number of hydrogen-bond acceptors (Lipinski definition) is 5. The number of rotatable bonds is 5. The van der Waals surface area contributed by atoms with Crippen LogP contribution in [0.5, 0.6) is 0 Å². The Morgan fingerprint density at radius 3 is 2.64 bits per heavy atom. The highest BCUT2D eigenvalue weighted by Gasteiger charge is 2.25. The van der Waals surface area contributed by atoms with Crippen LogP contribution in [0.3, 0.4) is 0 Å². The molecule has 1 saturated heterocycles. The molecule has 2 N–H and O–H groups in total. The van der Waals surface area contributed by atoms with Gasteiger partial charge in [0, 0.05) is 37.4 Å². The number of nitrogens with zero attached hydrogens (tertiary/aromatic N) is 3. The Balaban J connectivity index is 1.30. The Hall–Kier alpha value is -2.96. The lowest BCUT2D eigenvalue weighted by Gasteiger charge is -2.30. The summed E-state index contributed by atoms with van der Waals surface area (Å²) in [6.45, 7) is 0.693. The lowest BCUT2D eigenvalue weighted by molar-refractivity contribution is -0.117. The van der Waals surface area contributed by atoms with E-state index < -0.39 is 0 Å². The first-order valence-corrected chi connectivity index (χ1v) is 9.93. The summed E-state index contributed by atoms with van der Waals surface area (Å²) < 4.78 is 0. The van der Waals surface area contributed by atoms with Gasteiger partial charge in [0.2, 0.25) is 5.91 Å². The van der Waals surface area contributed by atoms with E-state index in [0.717, 1.165) is 37.9 Å². The fourth-order valence-corrected chi connectivity index (χ4v) is 3.93. The minimum Gasteiger partial charge on any atom is -0.367 e. The van der Waals surface area contributed by atoms with Gasteiger partial charge in [-0.1, -0.05) is 6.07 Å². The van der Waals surface area contributed by atoms with Gasteiger partial charge in [-0.05, 0) is 50.3 Å². The molecule has 0 spiro atoms. The van der Waals surface area contributed by atoms with Crippen molar-refractivity contribution in [1.29, 1.82) is 0 Å². The van der Waals surface area contributed by atoms with Crippen LogP contribution in [0.2, 0.25) is 0 Å². The topological polar surface area (TPSA) is 87.2 Å². The van der Waals surface area contributed by atoms with E-state index in [2.05, 4.69) is 20.6 Å². The van der Waals surface area contributed by atoms with Crippen LogP contribution in [-0.2, 0) is 4.79 Å². The number of aromatic nitrogens is 2. The molecule has 0 radical (unpaired) electrons. The molecule has 0 aromatic carbocycles. The third kappa shape index (κ3) is 4.30. The van der Waals surface area contributed by atoms with Gasteiger partial charge in [-0.15, -0.1) is 0 Å². The van der Waals surface area contributed by atoms with Gasteiger partial charge in [0.15, 0.2) is 0 Å². The number of nitrogens with one attached hydrogen (secondary N) is 2. The molecule has 7 nitrogen and oxygen atoms in total. The molecule has 7 heteroatoms. The predicted octanol–water partition coefficient (Wildman–Crippen LogP) is 2.76. The summed E-state index contributed by atoms with van der Waals surface area (Å²) in [5.74, 6) is 0.870. The molecule has 1 aliphatic carbocycles. The Morgan fingerprint density at radius 2 is 1.93 bits per heavy atom. The van der Waals surface area contributed by atoms with Gasteiger partial charge in [-0.25, -0.2) is 4.98 Å². The average molecular weight is 379 g/mol. The van der Waals surface area contributed by atoms with Gasteiger partial charge in [-0.2, -0.15) is 0 Å². The highest BCUT2D eigenvalue weighted by atomic mass is 16.2. The maximum Gasteiger partial charge on any atom is 0.253 e. The Kier molecular flexibility index (Phi) is 5.50. The molecular weight excluding hydrogens is 354 g/mol. The third-order valence-corrected chi connectivity index (χ3v) is 5.45. The molecule has 0 atom stereocenters. The zero-order valence-electron chi connectivity index (χ0n) is 15.8.